The van der Waals surface area contributed by atoms with E-state index in [4.69, 9.17) is 15.2 Å². The number of nitrogens with zero attached hydrogens (tertiary/aromatic N) is 1. The lowest BCUT2D eigenvalue weighted by Crippen LogP contribution is -2.60. The molecule has 0 fully saturated rings. The molecule has 56 heavy (non-hydrogen) atoms. The Bertz CT molecular complexity index is 1800. The zero-order chi connectivity index (χ0) is 40.8. The summed E-state index contributed by atoms with van der Waals surface area (Å²) >= 11 is 0. The second kappa shape index (κ2) is 20.5. The summed E-state index contributed by atoms with van der Waals surface area (Å²) in [5.74, 6) is -2.01. The van der Waals surface area contributed by atoms with Crippen LogP contribution in [0, 0.1) is 13.8 Å². The molecule has 0 saturated carbocycles. The quantitative estimate of drug-likeness (QED) is 0.0961. The molecule has 0 unspecified atom stereocenters. The Morgan fingerprint density at radius 1 is 0.893 bits per heavy atom. The van der Waals surface area contributed by atoms with Crippen LogP contribution in [0.4, 0.5) is 4.79 Å². The van der Waals surface area contributed by atoms with Crippen molar-refractivity contribution in [2.45, 2.75) is 116 Å². The van der Waals surface area contributed by atoms with Gasteiger partial charge in [-0.2, -0.15) is 0 Å². The van der Waals surface area contributed by atoms with Crippen LogP contribution < -0.4 is 21.7 Å². The van der Waals surface area contributed by atoms with E-state index in [1.54, 1.807) is 32.9 Å². The molecular formula is C43H57N5O8. The van der Waals surface area contributed by atoms with E-state index in [2.05, 4.69) is 16.0 Å². The van der Waals surface area contributed by atoms with Crippen LogP contribution in [-0.2, 0) is 54.6 Å². The number of nitrogens with one attached hydrogen (secondary N) is 3. The Morgan fingerprint density at radius 3 is 2.21 bits per heavy atom. The first-order chi connectivity index (χ1) is 26.6. The van der Waals surface area contributed by atoms with Crippen LogP contribution in [0.3, 0.4) is 0 Å². The fourth-order valence-electron chi connectivity index (χ4n) is 6.73. The first-order valence-corrected chi connectivity index (χ1v) is 19.3. The first kappa shape index (κ1) is 43.3. The number of carbonyl (C=O) groups is 5. The van der Waals surface area contributed by atoms with E-state index in [1.165, 1.54) is 4.90 Å². The SMILES string of the molecule is Cc1cc(O)cc(C)c1C[C@H](NC(=O)OC(C)(C)C)C(=O)N1Cc2ccccc2C[C@H]1C(=O)N[C@@H](CCC(=O)OCc1ccccc1)C(=O)NCCCCCN. The molecule has 4 amide bonds. The van der Waals surface area contributed by atoms with Gasteiger partial charge in [0.05, 0.1) is 0 Å². The highest BCUT2D eigenvalue weighted by Gasteiger charge is 2.40. The normalized spacial score (nSPS) is 14.8. The Morgan fingerprint density at radius 2 is 1.55 bits per heavy atom. The van der Waals surface area contributed by atoms with E-state index in [0.717, 1.165) is 46.2 Å². The first-order valence-electron chi connectivity index (χ1n) is 19.3. The maximum absolute atomic E-state index is 14.7. The average molecular weight is 772 g/mol. The number of phenolic OH excluding ortho intramolecular Hbond substituents is 1. The molecule has 1 heterocycles. The van der Waals surface area contributed by atoms with Gasteiger partial charge in [0.15, 0.2) is 0 Å². The molecule has 1 aliphatic rings. The zero-order valence-corrected chi connectivity index (χ0v) is 33.2. The third-order valence-corrected chi connectivity index (χ3v) is 9.61. The Hall–Kier alpha value is -5.43. The molecule has 3 aromatic rings. The summed E-state index contributed by atoms with van der Waals surface area (Å²) < 4.78 is 11.0. The fraction of sp³-hybridized carbons (Fsp3) is 0.465. The van der Waals surface area contributed by atoms with E-state index in [-0.39, 0.29) is 44.6 Å². The van der Waals surface area contributed by atoms with Crippen molar-refractivity contribution in [1.29, 1.82) is 0 Å². The molecule has 3 atom stereocenters. The minimum atomic E-state index is -1.15. The summed E-state index contributed by atoms with van der Waals surface area (Å²) in [6.45, 7) is 9.82. The van der Waals surface area contributed by atoms with Crippen LogP contribution in [0.5, 0.6) is 5.75 Å². The second-order valence-electron chi connectivity index (χ2n) is 15.3. The number of rotatable bonds is 17. The number of ether oxygens (including phenoxy) is 2. The van der Waals surface area contributed by atoms with Crippen molar-refractivity contribution in [3.63, 3.8) is 0 Å². The van der Waals surface area contributed by atoms with Crippen molar-refractivity contribution in [1.82, 2.24) is 20.9 Å². The van der Waals surface area contributed by atoms with Crippen LogP contribution in [0.2, 0.25) is 0 Å². The minimum Gasteiger partial charge on any atom is -0.508 e. The molecule has 4 rings (SSSR count). The maximum Gasteiger partial charge on any atom is 0.408 e. The van der Waals surface area contributed by atoms with Crippen LogP contribution in [0.25, 0.3) is 0 Å². The number of nitrogens with two attached hydrogens (primary N) is 1. The number of phenols is 1. The second-order valence-corrected chi connectivity index (χ2v) is 15.3. The lowest BCUT2D eigenvalue weighted by molar-refractivity contribution is -0.146. The van der Waals surface area contributed by atoms with Crippen LogP contribution in [0.1, 0.15) is 86.3 Å². The van der Waals surface area contributed by atoms with Gasteiger partial charge < -0.3 is 41.2 Å². The standard InChI is InChI=1S/C43H57N5O8/c1-28-22-33(49)23-29(2)34(28)25-36(47-42(54)56-43(3,4)5)41(53)48-26-32-17-11-10-16-31(32)24-37(48)40(52)46-35(39(51)45-21-13-7-12-20-44)18-19-38(50)55-27-30-14-8-6-9-15-30/h6,8-11,14-17,22-23,35-37,49H,7,12-13,18-21,24-27,44H2,1-5H3,(H,45,51)(H,46,52)(H,47,54)/t35-,36-,37-/m0/s1. The van der Waals surface area contributed by atoms with E-state index in [1.807, 2.05) is 68.4 Å². The third kappa shape index (κ3) is 13.1. The van der Waals surface area contributed by atoms with Gasteiger partial charge in [-0.05, 0) is 106 Å². The monoisotopic (exact) mass is 771 g/mol. The molecule has 0 spiro atoms. The number of unbranched alkanes of at least 4 members (excludes halogenated alkanes) is 2. The number of hydrogen-bond donors (Lipinski definition) is 5. The number of amides is 4. The van der Waals surface area contributed by atoms with Crippen LogP contribution in [0.15, 0.2) is 66.7 Å². The third-order valence-electron chi connectivity index (χ3n) is 9.61. The molecule has 0 aliphatic carbocycles. The summed E-state index contributed by atoms with van der Waals surface area (Å²) in [5.41, 5.74) is 9.49. The van der Waals surface area contributed by atoms with E-state index < -0.39 is 53.5 Å². The highest BCUT2D eigenvalue weighted by molar-refractivity contribution is 5.94. The van der Waals surface area contributed by atoms with Crippen molar-refractivity contribution < 1.29 is 38.6 Å². The number of esters is 1. The van der Waals surface area contributed by atoms with E-state index in [9.17, 15) is 29.1 Å². The van der Waals surface area contributed by atoms with Crippen molar-refractivity contribution in [2.75, 3.05) is 13.1 Å². The van der Waals surface area contributed by atoms with Gasteiger partial charge >= 0.3 is 12.1 Å². The Balaban J connectivity index is 1.61. The van der Waals surface area contributed by atoms with E-state index in [0.29, 0.717) is 19.5 Å². The van der Waals surface area contributed by atoms with Crippen molar-refractivity contribution >= 4 is 29.8 Å². The van der Waals surface area contributed by atoms with Gasteiger partial charge in [-0.25, -0.2) is 4.79 Å². The molecule has 6 N–H and O–H groups in total. The minimum absolute atomic E-state index is 0.0342. The summed E-state index contributed by atoms with van der Waals surface area (Å²) in [5, 5.41) is 18.7. The van der Waals surface area contributed by atoms with Crippen molar-refractivity contribution in [3.05, 3.63) is 100 Å². The fourth-order valence-corrected chi connectivity index (χ4v) is 6.73. The number of aromatic hydroxyl groups is 1. The highest BCUT2D eigenvalue weighted by Crippen LogP contribution is 2.27. The van der Waals surface area contributed by atoms with Crippen LogP contribution >= 0.6 is 0 Å². The molecule has 0 radical (unpaired) electrons. The molecule has 302 valence electrons. The number of carbonyl (C=O) groups excluding carboxylic acids is 5. The molecule has 0 saturated heterocycles. The lowest BCUT2D eigenvalue weighted by Gasteiger charge is -2.38. The molecule has 3 aromatic carbocycles. The van der Waals surface area contributed by atoms with Gasteiger partial charge in [0.25, 0.3) is 0 Å². The summed E-state index contributed by atoms with van der Waals surface area (Å²) in [6, 6.07) is 16.6. The highest BCUT2D eigenvalue weighted by atomic mass is 16.6. The van der Waals surface area contributed by atoms with Crippen molar-refractivity contribution in [3.8, 4) is 5.75 Å². The summed E-state index contributed by atoms with van der Waals surface area (Å²) in [6.07, 6.45) is 1.56. The smallest absolute Gasteiger partial charge is 0.408 e. The zero-order valence-electron chi connectivity index (χ0n) is 33.2. The molecule has 0 aromatic heterocycles. The van der Waals surface area contributed by atoms with Gasteiger partial charge in [-0.3, -0.25) is 19.2 Å². The number of alkyl carbamates (subject to hydrolysis) is 1. The van der Waals surface area contributed by atoms with Gasteiger partial charge in [0, 0.05) is 32.4 Å². The molecule has 13 heteroatoms. The molecule has 1 aliphatic heterocycles. The summed E-state index contributed by atoms with van der Waals surface area (Å²) in [4.78, 5) is 70.1. The van der Waals surface area contributed by atoms with Crippen LogP contribution in [-0.4, -0.2) is 76.6 Å². The van der Waals surface area contributed by atoms with E-state index >= 15 is 0 Å². The predicted octanol–water partition coefficient (Wildman–Crippen LogP) is 4.65. The predicted molar refractivity (Wildman–Crippen MR) is 212 cm³/mol. The largest absolute Gasteiger partial charge is 0.508 e. The lowest BCUT2D eigenvalue weighted by atomic mass is 9.91. The van der Waals surface area contributed by atoms with Gasteiger partial charge in [0.1, 0.15) is 36.1 Å². The van der Waals surface area contributed by atoms with Gasteiger partial charge in [-0.15, -0.1) is 0 Å². The molecule has 0 bridgehead atoms. The molecule has 13 nitrogen and oxygen atoms in total. The Kier molecular flexibility index (Phi) is 15.8. The number of benzene rings is 3. The summed E-state index contributed by atoms with van der Waals surface area (Å²) in [7, 11) is 0. The van der Waals surface area contributed by atoms with Crippen molar-refractivity contribution in [2.24, 2.45) is 5.73 Å². The van der Waals surface area contributed by atoms with Gasteiger partial charge in [0.2, 0.25) is 17.7 Å². The number of aryl methyl sites for hydroxylation is 2. The maximum atomic E-state index is 14.7. The van der Waals surface area contributed by atoms with Gasteiger partial charge in [-0.1, -0.05) is 61.0 Å². The number of hydrogen-bond acceptors (Lipinski definition) is 9. The topological polar surface area (TPSA) is 189 Å². The Labute approximate surface area is 329 Å². The number of fused-ring (bicyclic) bond motifs is 1. The average Bonchev–Trinajstić information content (AvgIpc) is 3.15. The molecular weight excluding hydrogens is 714 g/mol.